The molecule has 0 spiro atoms. The number of thioether (sulfide) groups is 1. The van der Waals surface area contributed by atoms with Crippen LogP contribution in [0.3, 0.4) is 0 Å². The second kappa shape index (κ2) is 10.7. The van der Waals surface area contributed by atoms with Crippen molar-refractivity contribution in [1.82, 2.24) is 14.8 Å². The summed E-state index contributed by atoms with van der Waals surface area (Å²) in [7, 11) is 0. The van der Waals surface area contributed by atoms with Crippen molar-refractivity contribution in [1.29, 1.82) is 0 Å². The average molecular weight is 456 g/mol. The Labute approximate surface area is 188 Å². The van der Waals surface area contributed by atoms with Crippen molar-refractivity contribution in [2.45, 2.75) is 24.3 Å². The number of benzene rings is 2. The van der Waals surface area contributed by atoms with Gasteiger partial charge in [0.2, 0.25) is 0 Å². The van der Waals surface area contributed by atoms with E-state index in [9.17, 15) is 9.50 Å². The van der Waals surface area contributed by atoms with Crippen LogP contribution in [0.25, 0.3) is 5.69 Å². The van der Waals surface area contributed by atoms with E-state index in [1.807, 2.05) is 46.3 Å². The van der Waals surface area contributed by atoms with Gasteiger partial charge in [0.1, 0.15) is 11.6 Å². The Bertz CT molecular complexity index is 1090. The van der Waals surface area contributed by atoms with E-state index >= 15 is 0 Å². The van der Waals surface area contributed by atoms with Gasteiger partial charge < -0.3 is 9.84 Å². The standard InChI is InChI=1S/C23H22FN3O2S2/c24-21-11-5-4-7-17(21)14-29-15-19(28)16-31-23-26-25-22(13-20-10-6-12-30-20)27(23)18-8-2-1-3-9-18/h1-12,19,28H,13-16H2/t19-/m0/s1. The predicted molar refractivity (Wildman–Crippen MR) is 121 cm³/mol. The molecule has 2 aromatic heterocycles. The number of para-hydroxylation sites is 1. The molecular weight excluding hydrogens is 433 g/mol. The van der Waals surface area contributed by atoms with Gasteiger partial charge in [-0.1, -0.05) is 54.2 Å². The Morgan fingerprint density at radius 2 is 1.84 bits per heavy atom. The van der Waals surface area contributed by atoms with Crippen molar-refractivity contribution in [3.05, 3.63) is 94.2 Å². The molecule has 0 unspecified atom stereocenters. The maximum Gasteiger partial charge on any atom is 0.195 e. The van der Waals surface area contributed by atoms with E-state index in [1.165, 1.54) is 22.7 Å². The molecule has 0 aliphatic heterocycles. The van der Waals surface area contributed by atoms with E-state index < -0.39 is 6.10 Å². The summed E-state index contributed by atoms with van der Waals surface area (Å²) in [4.78, 5) is 1.21. The highest BCUT2D eigenvalue weighted by molar-refractivity contribution is 7.99. The van der Waals surface area contributed by atoms with E-state index in [-0.39, 0.29) is 19.0 Å². The molecule has 0 fully saturated rings. The van der Waals surface area contributed by atoms with Crippen LogP contribution in [-0.4, -0.2) is 38.3 Å². The lowest BCUT2D eigenvalue weighted by Gasteiger charge is -2.13. The number of hydrogen-bond donors (Lipinski definition) is 1. The Morgan fingerprint density at radius 1 is 1.03 bits per heavy atom. The molecule has 0 saturated heterocycles. The summed E-state index contributed by atoms with van der Waals surface area (Å²) in [5, 5.41) is 21.9. The van der Waals surface area contributed by atoms with E-state index in [1.54, 1.807) is 29.5 Å². The first-order chi connectivity index (χ1) is 15.2. The molecule has 1 N–H and O–H groups in total. The molecule has 2 heterocycles. The number of halogens is 1. The largest absolute Gasteiger partial charge is 0.390 e. The van der Waals surface area contributed by atoms with Crippen LogP contribution in [0.5, 0.6) is 0 Å². The third-order valence-corrected chi connectivity index (χ3v) is 6.51. The van der Waals surface area contributed by atoms with Crippen LogP contribution in [0.1, 0.15) is 16.3 Å². The van der Waals surface area contributed by atoms with Crippen molar-refractivity contribution >= 4 is 23.1 Å². The van der Waals surface area contributed by atoms with Gasteiger partial charge in [-0.15, -0.1) is 21.5 Å². The molecule has 2 aromatic carbocycles. The fourth-order valence-electron chi connectivity index (χ4n) is 3.05. The molecule has 0 aliphatic rings. The Balaban J connectivity index is 1.39. The Morgan fingerprint density at radius 3 is 2.61 bits per heavy atom. The van der Waals surface area contributed by atoms with E-state index in [4.69, 9.17) is 4.74 Å². The highest BCUT2D eigenvalue weighted by atomic mass is 32.2. The Kier molecular flexibility index (Phi) is 7.48. The summed E-state index contributed by atoms with van der Waals surface area (Å²) in [6, 6.07) is 20.5. The van der Waals surface area contributed by atoms with Crippen molar-refractivity contribution in [3.63, 3.8) is 0 Å². The second-order valence-corrected chi connectivity index (χ2v) is 8.92. The molecule has 0 bridgehead atoms. The number of hydrogen-bond acceptors (Lipinski definition) is 6. The van der Waals surface area contributed by atoms with Crippen LogP contribution in [0.4, 0.5) is 4.39 Å². The summed E-state index contributed by atoms with van der Waals surface area (Å²) >= 11 is 3.11. The summed E-state index contributed by atoms with van der Waals surface area (Å²) in [5.74, 6) is 0.934. The van der Waals surface area contributed by atoms with Gasteiger partial charge in [-0.05, 0) is 29.6 Å². The quantitative estimate of drug-likeness (QED) is 0.351. The zero-order valence-corrected chi connectivity index (χ0v) is 18.4. The van der Waals surface area contributed by atoms with Gasteiger partial charge in [-0.2, -0.15) is 0 Å². The highest BCUT2D eigenvalue weighted by Crippen LogP contribution is 2.25. The molecule has 8 heteroatoms. The number of ether oxygens (including phenoxy) is 1. The fraction of sp³-hybridized carbons (Fsp3) is 0.217. The van der Waals surface area contributed by atoms with Crippen LogP contribution in [0, 0.1) is 5.82 Å². The minimum absolute atomic E-state index is 0.114. The lowest BCUT2D eigenvalue weighted by molar-refractivity contribution is 0.0386. The van der Waals surface area contributed by atoms with E-state index in [0.717, 1.165) is 11.5 Å². The first kappa shape index (κ1) is 21.7. The van der Waals surface area contributed by atoms with Crippen molar-refractivity contribution in [2.24, 2.45) is 0 Å². The SMILES string of the molecule is O[C@@H](COCc1ccccc1F)CSc1nnc(Cc2cccs2)n1-c1ccccc1. The van der Waals surface area contributed by atoms with Gasteiger partial charge in [0, 0.05) is 28.3 Å². The van der Waals surface area contributed by atoms with E-state index in [2.05, 4.69) is 16.3 Å². The molecule has 31 heavy (non-hydrogen) atoms. The minimum atomic E-state index is -0.710. The van der Waals surface area contributed by atoms with Gasteiger partial charge in [-0.3, -0.25) is 4.57 Å². The fourth-order valence-corrected chi connectivity index (χ4v) is 4.63. The summed E-state index contributed by atoms with van der Waals surface area (Å²) < 4.78 is 21.2. The van der Waals surface area contributed by atoms with Crippen LogP contribution in [-0.2, 0) is 17.8 Å². The van der Waals surface area contributed by atoms with Crippen molar-refractivity contribution < 1.29 is 14.2 Å². The number of aliphatic hydroxyl groups excluding tert-OH is 1. The summed E-state index contributed by atoms with van der Waals surface area (Å²) in [5.41, 5.74) is 1.45. The first-order valence-corrected chi connectivity index (χ1v) is 11.7. The van der Waals surface area contributed by atoms with Crippen molar-refractivity contribution in [2.75, 3.05) is 12.4 Å². The Hall–Kier alpha value is -2.52. The molecule has 0 radical (unpaired) electrons. The van der Waals surface area contributed by atoms with E-state index in [0.29, 0.717) is 22.9 Å². The molecule has 4 rings (SSSR count). The third-order valence-electron chi connectivity index (χ3n) is 4.56. The van der Waals surface area contributed by atoms with Crippen LogP contribution in [0.15, 0.2) is 77.3 Å². The number of nitrogens with zero attached hydrogens (tertiary/aromatic N) is 3. The number of aromatic nitrogens is 3. The van der Waals surface area contributed by atoms with Crippen LogP contribution in [0.2, 0.25) is 0 Å². The molecule has 5 nitrogen and oxygen atoms in total. The smallest absolute Gasteiger partial charge is 0.195 e. The maximum absolute atomic E-state index is 13.7. The van der Waals surface area contributed by atoms with Gasteiger partial charge in [0.15, 0.2) is 5.16 Å². The lowest BCUT2D eigenvalue weighted by Crippen LogP contribution is -2.18. The van der Waals surface area contributed by atoms with Gasteiger partial charge in [0.05, 0.1) is 19.3 Å². The van der Waals surface area contributed by atoms with Gasteiger partial charge >= 0.3 is 0 Å². The molecule has 0 amide bonds. The van der Waals surface area contributed by atoms with Gasteiger partial charge in [-0.25, -0.2) is 4.39 Å². The number of thiophene rings is 1. The third kappa shape index (κ3) is 5.80. The summed E-state index contributed by atoms with van der Waals surface area (Å²) in [6.07, 6.45) is -0.0209. The lowest BCUT2D eigenvalue weighted by atomic mass is 10.2. The molecule has 0 saturated carbocycles. The molecular formula is C23H22FN3O2S2. The van der Waals surface area contributed by atoms with Crippen LogP contribution >= 0.6 is 23.1 Å². The summed E-state index contributed by atoms with van der Waals surface area (Å²) in [6.45, 7) is 0.239. The second-order valence-electron chi connectivity index (χ2n) is 6.90. The minimum Gasteiger partial charge on any atom is -0.390 e. The molecule has 1 atom stereocenters. The monoisotopic (exact) mass is 455 g/mol. The normalized spacial score (nSPS) is 12.2. The molecule has 4 aromatic rings. The number of rotatable bonds is 10. The zero-order valence-electron chi connectivity index (χ0n) is 16.7. The molecule has 160 valence electrons. The molecule has 0 aliphatic carbocycles. The predicted octanol–water partition coefficient (Wildman–Crippen LogP) is 4.73. The first-order valence-electron chi connectivity index (χ1n) is 9.85. The zero-order chi connectivity index (χ0) is 21.5. The maximum atomic E-state index is 13.7. The van der Waals surface area contributed by atoms with Gasteiger partial charge in [0.25, 0.3) is 0 Å². The highest BCUT2D eigenvalue weighted by Gasteiger charge is 2.17. The number of aliphatic hydroxyl groups is 1. The van der Waals surface area contributed by atoms with Crippen molar-refractivity contribution in [3.8, 4) is 5.69 Å². The topological polar surface area (TPSA) is 60.2 Å². The average Bonchev–Trinajstić information content (AvgIpc) is 3.44. The van der Waals surface area contributed by atoms with Crippen LogP contribution < -0.4 is 0 Å².